The van der Waals surface area contributed by atoms with Crippen LogP contribution in [0.1, 0.15) is 43.4 Å². The molecule has 2 amide bonds. The number of amides is 2. The lowest BCUT2D eigenvalue weighted by Gasteiger charge is -2.37. The highest BCUT2D eigenvalue weighted by Gasteiger charge is 2.32. The van der Waals surface area contributed by atoms with Gasteiger partial charge < -0.3 is 19.9 Å². The summed E-state index contributed by atoms with van der Waals surface area (Å²) in [4.78, 5) is 17.1. The van der Waals surface area contributed by atoms with Crippen LogP contribution in [0.3, 0.4) is 0 Å². The minimum Gasteiger partial charge on any atom is -0.493 e. The highest BCUT2D eigenvalue weighted by atomic mass is 35.5. The van der Waals surface area contributed by atoms with Gasteiger partial charge in [-0.3, -0.25) is 0 Å². The molecule has 2 aromatic rings. The fourth-order valence-electron chi connectivity index (χ4n) is 3.95. The summed E-state index contributed by atoms with van der Waals surface area (Å²) in [5.41, 5.74) is 0.605. The molecule has 0 bridgehead atoms. The SMILES string of the molecule is CC(C)COc1ccc(CNC(=O)N(Cc2ccc(C(F)(F)F)cc2Cl)C2CCN(C)CC2)cc1. The molecule has 3 rings (SSSR count). The highest BCUT2D eigenvalue weighted by molar-refractivity contribution is 6.31. The summed E-state index contributed by atoms with van der Waals surface area (Å²) in [6, 6.07) is 10.6. The minimum atomic E-state index is -4.47. The van der Waals surface area contributed by atoms with E-state index in [1.807, 2.05) is 31.3 Å². The number of hydrogen-bond acceptors (Lipinski definition) is 3. The van der Waals surface area contributed by atoms with Crippen LogP contribution in [-0.2, 0) is 19.3 Å². The van der Waals surface area contributed by atoms with E-state index in [0.717, 1.165) is 49.4 Å². The molecule has 0 unspecified atom stereocenters. The zero-order chi connectivity index (χ0) is 25.6. The normalized spacial score (nSPS) is 15.3. The van der Waals surface area contributed by atoms with Crippen molar-refractivity contribution in [2.75, 3.05) is 26.7 Å². The molecule has 0 radical (unpaired) electrons. The van der Waals surface area contributed by atoms with E-state index in [9.17, 15) is 18.0 Å². The number of alkyl halides is 3. The van der Waals surface area contributed by atoms with Crippen molar-refractivity contribution in [1.82, 2.24) is 15.1 Å². The van der Waals surface area contributed by atoms with E-state index >= 15 is 0 Å². The molecule has 1 N–H and O–H groups in total. The Morgan fingerprint density at radius 3 is 2.40 bits per heavy atom. The fourth-order valence-corrected chi connectivity index (χ4v) is 4.19. The Morgan fingerprint density at radius 2 is 1.83 bits per heavy atom. The predicted molar refractivity (Wildman–Crippen MR) is 132 cm³/mol. The van der Waals surface area contributed by atoms with Crippen LogP contribution in [0.25, 0.3) is 0 Å². The van der Waals surface area contributed by atoms with Crippen molar-refractivity contribution in [3.63, 3.8) is 0 Å². The number of benzene rings is 2. The van der Waals surface area contributed by atoms with Crippen molar-refractivity contribution >= 4 is 17.6 Å². The number of urea groups is 1. The third kappa shape index (κ3) is 8.04. The van der Waals surface area contributed by atoms with Crippen molar-refractivity contribution in [3.8, 4) is 5.75 Å². The lowest BCUT2D eigenvalue weighted by atomic mass is 10.0. The predicted octanol–water partition coefficient (Wildman–Crippen LogP) is 6.20. The van der Waals surface area contributed by atoms with Crippen LogP contribution in [0.15, 0.2) is 42.5 Å². The molecule has 1 aliphatic heterocycles. The molecule has 0 spiro atoms. The van der Waals surface area contributed by atoms with Gasteiger partial charge in [-0.1, -0.05) is 43.6 Å². The van der Waals surface area contributed by atoms with Crippen molar-refractivity contribution in [3.05, 3.63) is 64.2 Å². The number of nitrogens with one attached hydrogen (secondary N) is 1. The number of likely N-dealkylation sites (tertiary alicyclic amines) is 1. The molecule has 192 valence electrons. The Kier molecular flexibility index (Phi) is 9.30. The van der Waals surface area contributed by atoms with Gasteiger partial charge in [0.2, 0.25) is 0 Å². The van der Waals surface area contributed by atoms with Crippen molar-refractivity contribution < 1.29 is 22.7 Å². The summed E-state index contributed by atoms with van der Waals surface area (Å²) in [7, 11) is 2.03. The molecule has 0 aliphatic carbocycles. The molecule has 1 heterocycles. The van der Waals surface area contributed by atoms with Gasteiger partial charge in [-0.2, -0.15) is 13.2 Å². The van der Waals surface area contributed by atoms with Gasteiger partial charge in [0.1, 0.15) is 5.75 Å². The van der Waals surface area contributed by atoms with Crippen LogP contribution >= 0.6 is 11.6 Å². The van der Waals surface area contributed by atoms with Crippen molar-refractivity contribution in [2.24, 2.45) is 5.92 Å². The molecule has 2 aromatic carbocycles. The van der Waals surface area contributed by atoms with Gasteiger partial charge in [-0.15, -0.1) is 0 Å². The summed E-state index contributed by atoms with van der Waals surface area (Å²) >= 11 is 6.20. The molecule has 5 nitrogen and oxygen atoms in total. The molecular weight excluding hydrogens is 479 g/mol. The quantitative estimate of drug-likeness (QED) is 0.459. The maximum absolute atomic E-state index is 13.2. The van der Waals surface area contributed by atoms with Gasteiger partial charge in [-0.25, -0.2) is 4.79 Å². The summed E-state index contributed by atoms with van der Waals surface area (Å²) in [5, 5.41) is 2.96. The zero-order valence-electron chi connectivity index (χ0n) is 20.4. The van der Waals surface area contributed by atoms with E-state index in [4.69, 9.17) is 16.3 Å². The second kappa shape index (κ2) is 12.0. The molecular formula is C26H33ClF3N3O2. The van der Waals surface area contributed by atoms with E-state index in [-0.39, 0.29) is 23.6 Å². The van der Waals surface area contributed by atoms with E-state index in [1.54, 1.807) is 4.90 Å². The maximum Gasteiger partial charge on any atom is 0.416 e. The van der Waals surface area contributed by atoms with Gasteiger partial charge in [0.05, 0.1) is 12.2 Å². The Bertz CT molecular complexity index is 975. The number of nitrogens with zero attached hydrogens (tertiary/aromatic N) is 2. The minimum absolute atomic E-state index is 0.00235. The summed E-state index contributed by atoms with van der Waals surface area (Å²) in [5.74, 6) is 1.20. The highest BCUT2D eigenvalue weighted by Crippen LogP contribution is 2.33. The average Bonchev–Trinajstić information content (AvgIpc) is 2.81. The Labute approximate surface area is 210 Å². The van der Waals surface area contributed by atoms with Crippen LogP contribution in [0.2, 0.25) is 5.02 Å². The van der Waals surface area contributed by atoms with Gasteiger partial charge in [-0.05, 0) is 74.3 Å². The van der Waals surface area contributed by atoms with Gasteiger partial charge in [0.25, 0.3) is 0 Å². The topological polar surface area (TPSA) is 44.8 Å². The molecule has 9 heteroatoms. The van der Waals surface area contributed by atoms with Crippen molar-refractivity contribution in [2.45, 2.75) is 52.0 Å². The number of hydrogen-bond donors (Lipinski definition) is 1. The zero-order valence-corrected chi connectivity index (χ0v) is 21.1. The monoisotopic (exact) mass is 511 g/mol. The summed E-state index contributed by atoms with van der Waals surface area (Å²) < 4.78 is 44.8. The van der Waals surface area contributed by atoms with E-state index in [0.29, 0.717) is 24.6 Å². The van der Waals surface area contributed by atoms with E-state index < -0.39 is 11.7 Å². The van der Waals surface area contributed by atoms with Gasteiger partial charge in [0, 0.05) is 24.2 Å². The first kappa shape index (κ1) is 27.1. The molecule has 0 aromatic heterocycles. The van der Waals surface area contributed by atoms with Gasteiger partial charge >= 0.3 is 12.2 Å². The number of ether oxygens (including phenoxy) is 1. The molecule has 0 atom stereocenters. The third-order valence-electron chi connectivity index (χ3n) is 6.06. The van der Waals surface area contributed by atoms with Crippen LogP contribution in [-0.4, -0.2) is 48.6 Å². The van der Waals surface area contributed by atoms with E-state index in [2.05, 4.69) is 24.1 Å². The Balaban J connectivity index is 1.69. The lowest BCUT2D eigenvalue weighted by Crippen LogP contribution is -2.49. The van der Waals surface area contributed by atoms with Crippen LogP contribution in [0, 0.1) is 5.92 Å². The second-order valence-electron chi connectivity index (χ2n) is 9.47. The van der Waals surface area contributed by atoms with Crippen molar-refractivity contribution in [1.29, 1.82) is 0 Å². The average molecular weight is 512 g/mol. The lowest BCUT2D eigenvalue weighted by molar-refractivity contribution is -0.137. The Hall–Kier alpha value is -2.45. The molecule has 1 fully saturated rings. The second-order valence-corrected chi connectivity index (χ2v) is 9.88. The molecule has 1 aliphatic rings. The van der Waals surface area contributed by atoms with Crippen LogP contribution in [0.4, 0.5) is 18.0 Å². The first-order valence-electron chi connectivity index (χ1n) is 11.8. The number of halogens is 4. The number of rotatable bonds is 8. The molecule has 35 heavy (non-hydrogen) atoms. The number of piperidine rings is 1. The van der Waals surface area contributed by atoms with Crippen LogP contribution in [0.5, 0.6) is 5.75 Å². The standard InChI is InChI=1S/C26H33ClF3N3O2/c1-18(2)17-35-23-8-4-19(5-9-23)15-31-25(34)33(22-10-12-32(3)13-11-22)16-20-6-7-21(14-24(20)27)26(28,29)30/h4-9,14,18,22H,10-13,15-17H2,1-3H3,(H,31,34). The maximum atomic E-state index is 13.2. The first-order valence-corrected chi connectivity index (χ1v) is 12.2. The fraction of sp³-hybridized carbons (Fsp3) is 0.500. The van der Waals surface area contributed by atoms with Crippen LogP contribution < -0.4 is 10.1 Å². The number of carbonyl (C=O) groups is 1. The summed E-state index contributed by atoms with van der Waals surface area (Å²) in [6.45, 7) is 6.94. The largest absolute Gasteiger partial charge is 0.493 e. The number of carbonyl (C=O) groups excluding carboxylic acids is 1. The first-order chi connectivity index (χ1) is 16.5. The third-order valence-corrected chi connectivity index (χ3v) is 6.41. The smallest absolute Gasteiger partial charge is 0.416 e. The molecule has 1 saturated heterocycles. The molecule has 0 saturated carbocycles. The van der Waals surface area contributed by atoms with Gasteiger partial charge in [0.15, 0.2) is 0 Å². The summed E-state index contributed by atoms with van der Waals surface area (Å²) in [6.07, 6.45) is -2.91. The van der Waals surface area contributed by atoms with E-state index in [1.165, 1.54) is 6.07 Å². The Morgan fingerprint density at radius 1 is 1.17 bits per heavy atom.